The van der Waals surface area contributed by atoms with Gasteiger partial charge in [0.05, 0.1) is 6.20 Å². The van der Waals surface area contributed by atoms with Crippen LogP contribution in [0.3, 0.4) is 0 Å². The minimum absolute atomic E-state index is 0.220. The number of aromatic nitrogens is 1. The lowest BCUT2D eigenvalue weighted by Crippen LogP contribution is -2.04. The van der Waals surface area contributed by atoms with Gasteiger partial charge in [-0.25, -0.2) is 9.78 Å². The molecule has 0 atom stereocenters. The molecule has 2 rings (SSSR count). The van der Waals surface area contributed by atoms with E-state index in [0.29, 0.717) is 0 Å². The van der Waals surface area contributed by atoms with Gasteiger partial charge in [0.25, 0.3) is 0 Å². The van der Waals surface area contributed by atoms with Gasteiger partial charge in [-0.05, 0) is 5.56 Å². The highest BCUT2D eigenvalue weighted by Crippen LogP contribution is 2.15. The lowest BCUT2D eigenvalue weighted by atomic mass is 10.2. The summed E-state index contributed by atoms with van der Waals surface area (Å²) in [6.45, 7) is 0.271. The predicted octanol–water partition coefficient (Wildman–Crippen LogP) is 2.50. The second kappa shape index (κ2) is 5.27. The molecule has 4 nitrogen and oxygen atoms in total. The van der Waals surface area contributed by atoms with Gasteiger partial charge in [-0.1, -0.05) is 30.3 Å². The maximum absolute atomic E-state index is 13.0. The Morgan fingerprint density at radius 3 is 2.72 bits per heavy atom. The van der Waals surface area contributed by atoms with Crippen molar-refractivity contribution in [2.24, 2.45) is 0 Å². The van der Waals surface area contributed by atoms with Crippen LogP contribution in [-0.2, 0) is 6.61 Å². The van der Waals surface area contributed by atoms with Crippen LogP contribution in [-0.4, -0.2) is 16.1 Å². The normalized spacial score (nSPS) is 10.1. The first kappa shape index (κ1) is 12.0. The number of carboxylic acids is 1. The minimum Gasteiger partial charge on any atom is -0.487 e. The van der Waals surface area contributed by atoms with Crippen molar-refractivity contribution in [2.75, 3.05) is 0 Å². The highest BCUT2D eigenvalue weighted by atomic mass is 19.1. The summed E-state index contributed by atoms with van der Waals surface area (Å²) in [6, 6.07) is 10.5. The van der Waals surface area contributed by atoms with Gasteiger partial charge in [0.15, 0.2) is 0 Å². The van der Waals surface area contributed by atoms with Crippen molar-refractivity contribution in [3.05, 3.63) is 59.7 Å². The fraction of sp³-hybridized carbons (Fsp3) is 0.0769. The smallest absolute Gasteiger partial charge is 0.340 e. The molecular formula is C13H10FNO3. The molecule has 0 aliphatic heterocycles. The van der Waals surface area contributed by atoms with Gasteiger partial charge in [-0.2, -0.15) is 4.39 Å². The van der Waals surface area contributed by atoms with Gasteiger partial charge < -0.3 is 9.84 Å². The van der Waals surface area contributed by atoms with Crippen LogP contribution in [0.1, 0.15) is 15.9 Å². The van der Waals surface area contributed by atoms with Crippen LogP contribution in [0.15, 0.2) is 42.6 Å². The Bertz CT molecular complexity index is 557. The van der Waals surface area contributed by atoms with Crippen LogP contribution in [0.2, 0.25) is 0 Å². The van der Waals surface area contributed by atoms with Crippen LogP contribution < -0.4 is 4.74 Å². The molecule has 18 heavy (non-hydrogen) atoms. The molecule has 2 aromatic rings. The van der Waals surface area contributed by atoms with E-state index in [4.69, 9.17) is 9.84 Å². The van der Waals surface area contributed by atoms with Crippen molar-refractivity contribution in [1.29, 1.82) is 0 Å². The molecule has 0 saturated carbocycles. The summed E-state index contributed by atoms with van der Waals surface area (Å²) in [5.41, 5.74) is 0.430. The molecule has 92 valence electrons. The molecule has 0 bridgehead atoms. The van der Waals surface area contributed by atoms with Crippen LogP contribution in [0, 0.1) is 5.95 Å². The SMILES string of the molecule is O=C(O)c1cc(OCc2ccccc2)cnc1F. The van der Waals surface area contributed by atoms with Crippen LogP contribution >= 0.6 is 0 Å². The first-order valence-electron chi connectivity index (χ1n) is 5.22. The topological polar surface area (TPSA) is 59.4 Å². The Morgan fingerprint density at radius 2 is 2.06 bits per heavy atom. The summed E-state index contributed by atoms with van der Waals surface area (Å²) >= 11 is 0. The summed E-state index contributed by atoms with van der Waals surface area (Å²) in [5, 5.41) is 8.74. The number of hydrogen-bond acceptors (Lipinski definition) is 3. The summed E-state index contributed by atoms with van der Waals surface area (Å²) in [6.07, 6.45) is 1.16. The first-order valence-corrected chi connectivity index (χ1v) is 5.22. The molecule has 0 saturated heterocycles. The van der Waals surface area contributed by atoms with Crippen molar-refractivity contribution in [3.8, 4) is 5.75 Å². The van der Waals surface area contributed by atoms with Crippen LogP contribution in [0.5, 0.6) is 5.75 Å². The average Bonchev–Trinajstić information content (AvgIpc) is 2.38. The summed E-state index contributed by atoms with van der Waals surface area (Å²) in [4.78, 5) is 14.1. The summed E-state index contributed by atoms with van der Waals surface area (Å²) in [5.74, 6) is -2.17. The van der Waals surface area contributed by atoms with Gasteiger partial charge in [0.1, 0.15) is 17.9 Å². The van der Waals surface area contributed by atoms with Crippen LogP contribution in [0.25, 0.3) is 0 Å². The number of halogens is 1. The largest absolute Gasteiger partial charge is 0.487 e. The van der Waals surface area contributed by atoms with E-state index in [1.165, 1.54) is 0 Å². The van der Waals surface area contributed by atoms with E-state index in [0.717, 1.165) is 17.8 Å². The number of nitrogens with zero attached hydrogens (tertiary/aromatic N) is 1. The van der Waals surface area contributed by atoms with Gasteiger partial charge in [-0.15, -0.1) is 0 Å². The third-order valence-electron chi connectivity index (χ3n) is 2.29. The maximum Gasteiger partial charge on any atom is 0.340 e. The zero-order valence-electron chi connectivity index (χ0n) is 9.34. The third-order valence-corrected chi connectivity index (χ3v) is 2.29. The van der Waals surface area contributed by atoms with E-state index in [9.17, 15) is 9.18 Å². The third kappa shape index (κ3) is 2.82. The number of pyridine rings is 1. The molecule has 0 radical (unpaired) electrons. The average molecular weight is 247 g/mol. The molecular weight excluding hydrogens is 237 g/mol. The molecule has 1 heterocycles. The Morgan fingerprint density at radius 1 is 1.33 bits per heavy atom. The van der Waals surface area contributed by atoms with Gasteiger partial charge >= 0.3 is 5.97 Å². The van der Waals surface area contributed by atoms with Crippen molar-refractivity contribution in [3.63, 3.8) is 0 Å². The number of rotatable bonds is 4. The van der Waals surface area contributed by atoms with Gasteiger partial charge in [-0.3, -0.25) is 0 Å². The van der Waals surface area contributed by atoms with Gasteiger partial charge in [0.2, 0.25) is 5.95 Å². The number of aromatic carboxylic acids is 1. The Kier molecular flexibility index (Phi) is 3.52. The highest BCUT2D eigenvalue weighted by Gasteiger charge is 2.12. The molecule has 1 aromatic carbocycles. The molecule has 0 aliphatic rings. The second-order valence-corrected chi connectivity index (χ2v) is 3.59. The number of carboxylic acid groups (broad SMARTS) is 1. The summed E-state index contributed by atoms with van der Waals surface area (Å²) in [7, 11) is 0. The predicted molar refractivity (Wildman–Crippen MR) is 61.9 cm³/mol. The van der Waals surface area contributed by atoms with E-state index in [-0.39, 0.29) is 12.4 Å². The molecule has 0 unspecified atom stereocenters. The number of carbonyl (C=O) groups is 1. The zero-order chi connectivity index (χ0) is 13.0. The zero-order valence-corrected chi connectivity index (χ0v) is 9.34. The first-order chi connectivity index (χ1) is 8.66. The van der Waals surface area contributed by atoms with Crippen LogP contribution in [0.4, 0.5) is 4.39 Å². The van der Waals surface area contributed by atoms with E-state index < -0.39 is 17.5 Å². The standard InChI is InChI=1S/C13H10FNO3/c14-12-11(13(16)17)6-10(7-15-12)18-8-9-4-2-1-3-5-9/h1-7H,8H2,(H,16,17). The molecule has 0 aliphatic carbocycles. The monoisotopic (exact) mass is 247 g/mol. The van der Waals surface area contributed by atoms with E-state index in [2.05, 4.69) is 4.98 Å². The number of hydrogen-bond donors (Lipinski definition) is 1. The van der Waals surface area contributed by atoms with E-state index >= 15 is 0 Å². The molecule has 0 spiro atoms. The lowest BCUT2D eigenvalue weighted by molar-refractivity contribution is 0.0690. The quantitative estimate of drug-likeness (QED) is 0.843. The van der Waals surface area contributed by atoms with Gasteiger partial charge in [0, 0.05) is 6.07 Å². The van der Waals surface area contributed by atoms with Crippen molar-refractivity contribution in [2.45, 2.75) is 6.61 Å². The van der Waals surface area contributed by atoms with Crippen molar-refractivity contribution in [1.82, 2.24) is 4.98 Å². The minimum atomic E-state index is -1.37. The van der Waals surface area contributed by atoms with E-state index in [1.807, 2.05) is 30.3 Å². The Hall–Kier alpha value is -2.43. The second-order valence-electron chi connectivity index (χ2n) is 3.59. The van der Waals surface area contributed by atoms with Crippen molar-refractivity contribution >= 4 is 5.97 Å². The molecule has 5 heteroatoms. The number of benzene rings is 1. The van der Waals surface area contributed by atoms with Crippen molar-refractivity contribution < 1.29 is 19.0 Å². The fourth-order valence-electron chi connectivity index (χ4n) is 1.40. The Labute approximate surface area is 103 Å². The molecule has 0 amide bonds. The summed E-state index contributed by atoms with van der Waals surface area (Å²) < 4.78 is 18.4. The Balaban J connectivity index is 2.11. The fourth-order valence-corrected chi connectivity index (χ4v) is 1.40. The van der Waals surface area contributed by atoms with E-state index in [1.54, 1.807) is 0 Å². The molecule has 1 aromatic heterocycles. The highest BCUT2D eigenvalue weighted by molar-refractivity contribution is 5.87. The number of ether oxygens (including phenoxy) is 1. The molecule has 0 fully saturated rings. The lowest BCUT2D eigenvalue weighted by Gasteiger charge is -2.06. The molecule has 1 N–H and O–H groups in total. The maximum atomic E-state index is 13.0.